The van der Waals surface area contributed by atoms with Gasteiger partial charge in [0.2, 0.25) is 0 Å². The molecule has 3 aromatic rings. The molecule has 2 fully saturated rings. The zero-order valence-electron chi connectivity index (χ0n) is 21.0. The first-order valence-electron chi connectivity index (χ1n) is 12.5. The lowest BCUT2D eigenvalue weighted by molar-refractivity contribution is 0.102. The fraction of sp³-hybridized carbons (Fsp3) is 0.370. The van der Waals surface area contributed by atoms with Crippen molar-refractivity contribution < 1.29 is 19.1 Å². The number of hydrogen-bond donors (Lipinski definition) is 1. The second-order valence-corrected chi connectivity index (χ2v) is 11.3. The lowest BCUT2D eigenvalue weighted by Crippen LogP contribution is -2.48. The van der Waals surface area contributed by atoms with E-state index in [4.69, 9.17) is 9.47 Å². The number of aromatic nitrogens is 2. The van der Waals surface area contributed by atoms with Crippen molar-refractivity contribution in [2.75, 3.05) is 36.2 Å². The summed E-state index contributed by atoms with van der Waals surface area (Å²) in [5, 5.41) is 7.53. The highest BCUT2D eigenvalue weighted by molar-refractivity contribution is 14.1. The van der Waals surface area contributed by atoms with Crippen LogP contribution in [0.1, 0.15) is 34.5 Å². The van der Waals surface area contributed by atoms with E-state index in [2.05, 4.69) is 60.5 Å². The number of anilines is 1. The molecule has 0 unspecified atom stereocenters. The highest BCUT2D eigenvalue weighted by atomic mass is 127. The third kappa shape index (κ3) is 6.25. The van der Waals surface area contributed by atoms with Crippen molar-refractivity contribution >= 4 is 62.9 Å². The molecule has 0 bridgehead atoms. The molecule has 1 atom stereocenters. The number of nitrogens with one attached hydrogen (secondary N) is 1. The Kier molecular flexibility index (Phi) is 8.73. The van der Waals surface area contributed by atoms with E-state index in [0.717, 1.165) is 46.5 Å². The van der Waals surface area contributed by atoms with E-state index < -0.39 is 0 Å². The van der Waals surface area contributed by atoms with Crippen molar-refractivity contribution in [2.45, 2.75) is 32.4 Å². The molecule has 1 aromatic heterocycles. The number of ether oxygens (including phenoxy) is 2. The minimum atomic E-state index is -0.219. The molecule has 0 radical (unpaired) electrons. The molecule has 1 N–H and O–H groups in total. The number of benzene rings is 2. The lowest BCUT2D eigenvalue weighted by Gasteiger charge is -2.36. The quantitative estimate of drug-likeness (QED) is 0.252. The third-order valence-electron chi connectivity index (χ3n) is 6.88. The number of carbonyl (C=O) groups excluding carboxylic acids is 2. The molecule has 0 aliphatic carbocycles. The maximum absolute atomic E-state index is 13.1. The first-order chi connectivity index (χ1) is 18.4. The number of nitrogens with zero attached hydrogens (tertiary/aromatic N) is 4. The first kappa shape index (κ1) is 27.2. The van der Waals surface area contributed by atoms with Crippen molar-refractivity contribution in [3.63, 3.8) is 0 Å². The summed E-state index contributed by atoms with van der Waals surface area (Å²) in [5.74, 6) is 0.523. The van der Waals surface area contributed by atoms with Gasteiger partial charge in [0.15, 0.2) is 0 Å². The Bertz CT molecular complexity index is 1310. The van der Waals surface area contributed by atoms with Gasteiger partial charge in [-0.05, 0) is 102 Å². The van der Waals surface area contributed by atoms with Gasteiger partial charge in [0.1, 0.15) is 17.0 Å². The predicted molar refractivity (Wildman–Crippen MR) is 161 cm³/mol. The summed E-state index contributed by atoms with van der Waals surface area (Å²) >= 11 is 4.44. The van der Waals surface area contributed by atoms with Gasteiger partial charge in [0, 0.05) is 46.2 Å². The molecular formula is C27H29I2N5O4. The molecule has 11 heteroatoms. The molecule has 200 valence electrons. The predicted octanol–water partition coefficient (Wildman–Crippen LogP) is 5.23. The molecule has 0 saturated carbocycles. The van der Waals surface area contributed by atoms with Crippen LogP contribution in [-0.4, -0.2) is 68.5 Å². The van der Waals surface area contributed by atoms with Crippen LogP contribution in [0.4, 0.5) is 10.5 Å². The number of carbonyl (C=O) groups is 2. The first-order valence-corrected chi connectivity index (χ1v) is 15.1. The fourth-order valence-corrected chi connectivity index (χ4v) is 5.67. The van der Waals surface area contributed by atoms with Crippen LogP contribution in [0.5, 0.6) is 5.75 Å². The van der Waals surface area contributed by atoms with Crippen molar-refractivity contribution in [2.24, 2.45) is 0 Å². The van der Waals surface area contributed by atoms with E-state index in [1.54, 1.807) is 10.9 Å². The Hall–Kier alpha value is -2.39. The molecule has 2 aliphatic heterocycles. The highest BCUT2D eigenvalue weighted by Crippen LogP contribution is 2.28. The fourth-order valence-electron chi connectivity index (χ4n) is 4.97. The molecule has 0 spiro atoms. The highest BCUT2D eigenvalue weighted by Gasteiger charge is 2.33. The average Bonchev–Trinajstić information content (AvgIpc) is 3.52. The number of rotatable bonds is 8. The molecule has 2 aromatic carbocycles. The second-order valence-electron chi connectivity index (χ2n) is 9.42. The number of hydrogen-bond acceptors (Lipinski definition) is 6. The number of amides is 2. The average molecular weight is 741 g/mol. The third-order valence-corrected chi connectivity index (χ3v) is 7.91. The molecule has 2 amide bonds. The Labute approximate surface area is 249 Å². The van der Waals surface area contributed by atoms with Crippen LogP contribution in [-0.2, 0) is 11.3 Å². The minimum Gasteiger partial charge on any atom is -0.483 e. The summed E-state index contributed by atoms with van der Waals surface area (Å²) in [5.41, 5.74) is 3.78. The van der Waals surface area contributed by atoms with Crippen molar-refractivity contribution in [3.8, 4) is 11.4 Å². The summed E-state index contributed by atoms with van der Waals surface area (Å²) in [6, 6.07) is 13.9. The van der Waals surface area contributed by atoms with Gasteiger partial charge < -0.3 is 19.7 Å². The van der Waals surface area contributed by atoms with E-state index in [0.29, 0.717) is 41.3 Å². The Morgan fingerprint density at radius 3 is 2.76 bits per heavy atom. The van der Waals surface area contributed by atoms with Gasteiger partial charge in [0.25, 0.3) is 5.91 Å². The maximum atomic E-state index is 13.1. The number of likely N-dealkylation sites (tertiary alicyclic amines) is 1. The number of alkyl halides is 1. The van der Waals surface area contributed by atoms with E-state index >= 15 is 0 Å². The van der Waals surface area contributed by atoms with Gasteiger partial charge in [-0.15, -0.1) is 0 Å². The van der Waals surface area contributed by atoms with Crippen molar-refractivity contribution in [1.82, 2.24) is 19.6 Å². The standard InChI is InChI=1S/C27H29I2N5O4/c1-18-24(16-34(31-18)22-8-5-20(29)6-9-22)26(35)30-21-7-4-19(25(13-21)38-17-28)14-32-10-2-3-23(15-32)33-11-12-37-27(33)36/h4-9,13,16,23H,2-3,10-12,14-15,17H2,1H3,(H,30,35)/t23-/m0/s1. The summed E-state index contributed by atoms with van der Waals surface area (Å²) in [6.07, 6.45) is 3.57. The summed E-state index contributed by atoms with van der Waals surface area (Å²) < 4.78 is 14.4. The van der Waals surface area contributed by atoms with Gasteiger partial charge in [-0.25, -0.2) is 9.48 Å². The molecule has 2 aliphatic rings. The number of halogens is 2. The molecule has 2 saturated heterocycles. The lowest BCUT2D eigenvalue weighted by atomic mass is 10.0. The number of aryl methyl sites for hydroxylation is 1. The normalized spacial score (nSPS) is 17.9. The van der Waals surface area contributed by atoms with Crippen LogP contribution in [0.15, 0.2) is 48.7 Å². The Balaban J connectivity index is 1.27. The zero-order chi connectivity index (χ0) is 26.6. The van der Waals surface area contributed by atoms with Crippen LogP contribution in [0.2, 0.25) is 0 Å². The molecule has 38 heavy (non-hydrogen) atoms. The van der Waals surface area contributed by atoms with E-state index in [9.17, 15) is 9.59 Å². The minimum absolute atomic E-state index is 0.176. The summed E-state index contributed by atoms with van der Waals surface area (Å²) in [4.78, 5) is 29.4. The smallest absolute Gasteiger partial charge is 0.410 e. The SMILES string of the molecule is Cc1nn(-c2ccc(I)cc2)cc1C(=O)Nc1ccc(CN2CCC[C@H](N3CCOC3=O)C2)c(OCI)c1. The second kappa shape index (κ2) is 12.2. The van der Waals surface area contributed by atoms with Crippen LogP contribution >= 0.6 is 45.2 Å². The largest absolute Gasteiger partial charge is 0.483 e. The van der Waals surface area contributed by atoms with E-state index in [1.165, 1.54) is 0 Å². The van der Waals surface area contributed by atoms with Gasteiger partial charge in [0.05, 0.1) is 23.5 Å². The maximum Gasteiger partial charge on any atom is 0.410 e. The van der Waals surface area contributed by atoms with Crippen LogP contribution in [0.25, 0.3) is 5.69 Å². The van der Waals surface area contributed by atoms with E-state index in [-0.39, 0.29) is 18.0 Å². The monoisotopic (exact) mass is 741 g/mol. The van der Waals surface area contributed by atoms with Gasteiger partial charge in [-0.1, -0.05) is 6.07 Å². The molecule has 3 heterocycles. The topological polar surface area (TPSA) is 88.9 Å². The molecule has 9 nitrogen and oxygen atoms in total. The number of piperidine rings is 1. The zero-order valence-corrected chi connectivity index (χ0v) is 25.3. The summed E-state index contributed by atoms with van der Waals surface area (Å²) in [7, 11) is 0. The van der Waals surface area contributed by atoms with Crippen LogP contribution in [0, 0.1) is 10.5 Å². The van der Waals surface area contributed by atoms with Crippen molar-refractivity contribution in [3.05, 3.63) is 69.1 Å². The van der Waals surface area contributed by atoms with Gasteiger partial charge in [-0.3, -0.25) is 9.69 Å². The van der Waals surface area contributed by atoms with E-state index in [1.807, 2.05) is 54.3 Å². The van der Waals surface area contributed by atoms with Crippen molar-refractivity contribution in [1.29, 1.82) is 0 Å². The molecule has 5 rings (SSSR count). The molecular weight excluding hydrogens is 712 g/mol. The Morgan fingerprint density at radius 2 is 2.03 bits per heavy atom. The number of cyclic esters (lactones) is 1. The van der Waals surface area contributed by atoms with Gasteiger partial charge in [-0.2, -0.15) is 5.10 Å². The van der Waals surface area contributed by atoms with Crippen LogP contribution in [0.3, 0.4) is 0 Å². The van der Waals surface area contributed by atoms with Gasteiger partial charge >= 0.3 is 6.09 Å². The summed E-state index contributed by atoms with van der Waals surface area (Å²) in [6.45, 7) is 5.45. The van der Waals surface area contributed by atoms with Crippen LogP contribution < -0.4 is 10.1 Å². The Morgan fingerprint density at radius 1 is 1.21 bits per heavy atom.